The van der Waals surface area contributed by atoms with Crippen LogP contribution in [0.4, 0.5) is 0 Å². The van der Waals surface area contributed by atoms with E-state index in [0.29, 0.717) is 0 Å². The fourth-order valence-corrected chi connectivity index (χ4v) is 2.05. The van der Waals surface area contributed by atoms with Crippen molar-refractivity contribution >= 4 is 11.3 Å². The van der Waals surface area contributed by atoms with E-state index in [9.17, 15) is 0 Å². The summed E-state index contributed by atoms with van der Waals surface area (Å²) in [4.78, 5) is 1.38. The summed E-state index contributed by atoms with van der Waals surface area (Å²) in [6.07, 6.45) is 1.04. The van der Waals surface area contributed by atoms with Gasteiger partial charge in [0, 0.05) is 16.7 Å². The summed E-state index contributed by atoms with van der Waals surface area (Å²) in [5.41, 5.74) is 2.72. The van der Waals surface area contributed by atoms with Gasteiger partial charge in [0.25, 0.3) is 0 Å². The van der Waals surface area contributed by atoms with Crippen LogP contribution in [0.2, 0.25) is 0 Å². The molecule has 0 unspecified atom stereocenters. The van der Waals surface area contributed by atoms with Crippen LogP contribution in [0.25, 0.3) is 0 Å². The minimum Gasteiger partial charge on any atom is -0.139 e. The first kappa shape index (κ1) is 8.52. The molecule has 13 heavy (non-hydrogen) atoms. The molecule has 0 N–H and O–H groups in total. The first-order valence-corrected chi connectivity index (χ1v) is 5.16. The van der Waals surface area contributed by atoms with Crippen molar-refractivity contribution in [3.05, 3.63) is 57.8 Å². The van der Waals surface area contributed by atoms with Crippen LogP contribution < -0.4 is 0 Å². The van der Waals surface area contributed by atoms with Crippen LogP contribution in [0.1, 0.15) is 16.0 Å². The SMILES string of the molecule is Cc1cccc(Cc2cc[c]s2)c1. The highest BCUT2D eigenvalue weighted by atomic mass is 32.1. The van der Waals surface area contributed by atoms with E-state index >= 15 is 0 Å². The molecule has 1 aromatic heterocycles. The van der Waals surface area contributed by atoms with Crippen molar-refractivity contribution in [2.45, 2.75) is 13.3 Å². The quantitative estimate of drug-likeness (QED) is 0.675. The monoisotopic (exact) mass is 187 g/mol. The summed E-state index contributed by atoms with van der Waals surface area (Å²) in [5, 5.41) is 3.11. The Bertz CT molecular complexity index is 374. The van der Waals surface area contributed by atoms with Crippen molar-refractivity contribution in [2.24, 2.45) is 0 Å². The van der Waals surface area contributed by atoms with Gasteiger partial charge in [-0.15, -0.1) is 11.3 Å². The van der Waals surface area contributed by atoms with E-state index < -0.39 is 0 Å². The van der Waals surface area contributed by atoms with E-state index in [0.717, 1.165) is 6.42 Å². The minimum atomic E-state index is 1.04. The highest BCUT2D eigenvalue weighted by molar-refractivity contribution is 7.09. The zero-order chi connectivity index (χ0) is 9.10. The summed E-state index contributed by atoms with van der Waals surface area (Å²) in [7, 11) is 0. The number of hydrogen-bond acceptors (Lipinski definition) is 1. The second-order valence-electron chi connectivity index (χ2n) is 3.19. The lowest BCUT2D eigenvalue weighted by Gasteiger charge is -1.99. The van der Waals surface area contributed by atoms with Gasteiger partial charge in [-0.2, -0.15) is 0 Å². The molecule has 1 radical (unpaired) electrons. The Morgan fingerprint density at radius 2 is 2.23 bits per heavy atom. The maximum absolute atomic E-state index is 3.11. The Labute approximate surface area is 82.9 Å². The third kappa shape index (κ3) is 2.19. The largest absolute Gasteiger partial charge is 0.139 e. The Kier molecular flexibility index (Phi) is 2.46. The molecule has 0 atom stereocenters. The summed E-state index contributed by atoms with van der Waals surface area (Å²) >= 11 is 1.70. The van der Waals surface area contributed by atoms with Crippen molar-refractivity contribution in [1.82, 2.24) is 0 Å². The van der Waals surface area contributed by atoms with Crippen molar-refractivity contribution in [3.63, 3.8) is 0 Å². The first-order valence-electron chi connectivity index (χ1n) is 4.35. The third-order valence-corrected chi connectivity index (χ3v) is 2.78. The number of benzene rings is 1. The van der Waals surface area contributed by atoms with Gasteiger partial charge >= 0.3 is 0 Å². The van der Waals surface area contributed by atoms with Crippen molar-refractivity contribution in [1.29, 1.82) is 0 Å². The van der Waals surface area contributed by atoms with Gasteiger partial charge < -0.3 is 0 Å². The molecule has 1 heterocycles. The molecule has 0 fully saturated rings. The maximum Gasteiger partial charge on any atom is 0.0445 e. The third-order valence-electron chi connectivity index (χ3n) is 1.99. The lowest BCUT2D eigenvalue weighted by molar-refractivity contribution is 1.22. The molecule has 0 amide bonds. The molecule has 0 aliphatic carbocycles. The summed E-state index contributed by atoms with van der Waals surface area (Å²) < 4.78 is 0. The van der Waals surface area contributed by atoms with Gasteiger partial charge in [-0.25, -0.2) is 0 Å². The summed E-state index contributed by atoms with van der Waals surface area (Å²) in [5.74, 6) is 0. The van der Waals surface area contributed by atoms with Crippen LogP contribution in [-0.4, -0.2) is 0 Å². The van der Waals surface area contributed by atoms with Crippen LogP contribution in [-0.2, 0) is 6.42 Å². The molecule has 1 heteroatoms. The van der Waals surface area contributed by atoms with E-state index in [2.05, 4.69) is 42.6 Å². The summed E-state index contributed by atoms with van der Waals surface area (Å²) in [6.45, 7) is 2.13. The van der Waals surface area contributed by atoms with Gasteiger partial charge in [-0.3, -0.25) is 0 Å². The average molecular weight is 187 g/mol. The van der Waals surface area contributed by atoms with Crippen molar-refractivity contribution in [3.8, 4) is 0 Å². The van der Waals surface area contributed by atoms with Crippen LogP contribution in [0.3, 0.4) is 0 Å². The van der Waals surface area contributed by atoms with Gasteiger partial charge in [0.15, 0.2) is 0 Å². The molecule has 0 bridgehead atoms. The highest BCUT2D eigenvalue weighted by Crippen LogP contribution is 2.14. The second-order valence-corrected chi connectivity index (χ2v) is 4.15. The molecule has 0 nitrogen and oxygen atoms in total. The van der Waals surface area contributed by atoms with Gasteiger partial charge in [0.1, 0.15) is 0 Å². The zero-order valence-corrected chi connectivity index (χ0v) is 8.40. The number of thiophene rings is 1. The van der Waals surface area contributed by atoms with Crippen LogP contribution >= 0.6 is 11.3 Å². The van der Waals surface area contributed by atoms with Crippen molar-refractivity contribution in [2.75, 3.05) is 0 Å². The van der Waals surface area contributed by atoms with E-state index in [1.165, 1.54) is 16.0 Å². The molecule has 0 aliphatic heterocycles. The first-order chi connectivity index (χ1) is 6.34. The molecular weight excluding hydrogens is 176 g/mol. The smallest absolute Gasteiger partial charge is 0.0445 e. The topological polar surface area (TPSA) is 0 Å². The highest BCUT2D eigenvalue weighted by Gasteiger charge is 1.96. The predicted octanol–water partition coefficient (Wildman–Crippen LogP) is 3.45. The van der Waals surface area contributed by atoms with Crippen LogP contribution in [0, 0.1) is 12.3 Å². The molecule has 0 spiro atoms. The van der Waals surface area contributed by atoms with E-state index in [1.54, 1.807) is 11.3 Å². The second kappa shape index (κ2) is 3.75. The van der Waals surface area contributed by atoms with Crippen LogP contribution in [0.15, 0.2) is 36.4 Å². The van der Waals surface area contributed by atoms with Crippen molar-refractivity contribution < 1.29 is 0 Å². The van der Waals surface area contributed by atoms with Gasteiger partial charge in [-0.1, -0.05) is 29.8 Å². The molecular formula is C12H11S. The molecule has 0 saturated heterocycles. The molecule has 2 rings (SSSR count). The lowest BCUT2D eigenvalue weighted by Crippen LogP contribution is -1.84. The van der Waals surface area contributed by atoms with Gasteiger partial charge in [0.2, 0.25) is 0 Å². The molecule has 0 aliphatic rings. The van der Waals surface area contributed by atoms with E-state index in [4.69, 9.17) is 0 Å². The number of aryl methyl sites for hydroxylation is 1. The van der Waals surface area contributed by atoms with Gasteiger partial charge in [-0.05, 0) is 24.6 Å². The standard InChI is InChI=1S/C12H11S/c1-10-4-2-5-11(8-10)9-12-6-3-7-13-12/h2-6,8H,9H2,1H3. The number of hydrogen-bond donors (Lipinski definition) is 0. The zero-order valence-electron chi connectivity index (χ0n) is 7.58. The molecule has 1 aromatic carbocycles. The van der Waals surface area contributed by atoms with Crippen LogP contribution in [0.5, 0.6) is 0 Å². The Balaban J connectivity index is 2.19. The Morgan fingerprint density at radius 1 is 1.31 bits per heavy atom. The predicted molar refractivity (Wildman–Crippen MR) is 57.1 cm³/mol. The van der Waals surface area contributed by atoms with E-state index in [1.807, 2.05) is 6.07 Å². The Hall–Kier alpha value is -1.08. The number of rotatable bonds is 2. The molecule has 65 valence electrons. The lowest BCUT2D eigenvalue weighted by atomic mass is 10.1. The summed E-state index contributed by atoms with van der Waals surface area (Å²) in [6, 6.07) is 12.8. The fourth-order valence-electron chi connectivity index (χ4n) is 1.39. The minimum absolute atomic E-state index is 1.04. The van der Waals surface area contributed by atoms with E-state index in [-0.39, 0.29) is 0 Å². The molecule has 0 saturated carbocycles. The van der Waals surface area contributed by atoms with Gasteiger partial charge in [0.05, 0.1) is 0 Å². The normalized spacial score (nSPS) is 10.2. The average Bonchev–Trinajstić information content (AvgIpc) is 2.57. The Morgan fingerprint density at radius 3 is 2.92 bits per heavy atom. The molecule has 2 aromatic rings. The maximum atomic E-state index is 3.11. The fraction of sp³-hybridized carbons (Fsp3) is 0.167.